The zero-order valence-corrected chi connectivity index (χ0v) is 12.2. The minimum Gasteiger partial charge on any atom is -0.476 e. The van der Waals surface area contributed by atoms with E-state index in [9.17, 15) is 13.6 Å². The molecule has 0 saturated heterocycles. The molecule has 2 rings (SSSR count). The molecule has 8 heteroatoms. The molecule has 1 aromatic heterocycles. The second-order valence-electron chi connectivity index (χ2n) is 3.42. The van der Waals surface area contributed by atoms with Crippen molar-refractivity contribution in [3.8, 4) is 11.4 Å². The van der Waals surface area contributed by atoms with Crippen LogP contribution in [0.2, 0.25) is 0 Å². The van der Waals surface area contributed by atoms with Crippen molar-refractivity contribution in [3.05, 3.63) is 44.6 Å². The molecule has 0 aliphatic carbocycles. The van der Waals surface area contributed by atoms with Crippen molar-refractivity contribution in [2.75, 3.05) is 0 Å². The first-order valence-electron chi connectivity index (χ1n) is 4.81. The predicted octanol–water partition coefficient (Wildman–Crippen LogP) is 3.65. The van der Waals surface area contributed by atoms with Crippen molar-refractivity contribution < 1.29 is 18.7 Å². The number of benzene rings is 1. The average Bonchev–Trinajstić information content (AvgIpc) is 2.37. The number of aromatic nitrogens is 2. The maximum atomic E-state index is 13.4. The van der Waals surface area contributed by atoms with Gasteiger partial charge in [0.2, 0.25) is 0 Å². The van der Waals surface area contributed by atoms with Gasteiger partial charge in [0.1, 0.15) is 0 Å². The van der Waals surface area contributed by atoms with E-state index in [0.717, 1.165) is 6.07 Å². The molecule has 1 heterocycles. The Morgan fingerprint density at radius 3 is 2.58 bits per heavy atom. The molecule has 0 fully saturated rings. The number of carboxylic acids is 1. The lowest BCUT2D eigenvalue weighted by molar-refractivity contribution is 0.0689. The Hall–Kier alpha value is -1.41. The Morgan fingerprint density at radius 2 is 1.95 bits per heavy atom. The molecular formula is C11H4Br2F2N2O2. The fourth-order valence-electron chi connectivity index (χ4n) is 1.35. The summed E-state index contributed by atoms with van der Waals surface area (Å²) in [5.74, 6) is -3.38. The van der Waals surface area contributed by atoms with Crippen LogP contribution in [-0.4, -0.2) is 21.0 Å². The van der Waals surface area contributed by atoms with Crippen molar-refractivity contribution in [1.82, 2.24) is 9.97 Å². The minimum absolute atomic E-state index is 0.0219. The second kappa shape index (κ2) is 5.30. The van der Waals surface area contributed by atoms with E-state index in [1.807, 2.05) is 0 Å². The average molecular weight is 394 g/mol. The quantitative estimate of drug-likeness (QED) is 0.791. The van der Waals surface area contributed by atoms with Crippen LogP contribution < -0.4 is 0 Å². The van der Waals surface area contributed by atoms with Gasteiger partial charge in [-0.15, -0.1) is 0 Å². The molecular weight excluding hydrogens is 390 g/mol. The van der Waals surface area contributed by atoms with Gasteiger partial charge in [-0.2, -0.15) is 0 Å². The Morgan fingerprint density at radius 1 is 1.26 bits per heavy atom. The smallest absolute Gasteiger partial charge is 0.355 e. The van der Waals surface area contributed by atoms with E-state index in [-0.39, 0.29) is 26.0 Å². The molecule has 1 N–H and O–H groups in total. The summed E-state index contributed by atoms with van der Waals surface area (Å²) < 4.78 is 26.4. The topological polar surface area (TPSA) is 63.1 Å². The normalized spacial score (nSPS) is 10.5. The van der Waals surface area contributed by atoms with Gasteiger partial charge in [-0.3, -0.25) is 0 Å². The zero-order chi connectivity index (χ0) is 14.2. The van der Waals surface area contributed by atoms with Crippen molar-refractivity contribution in [2.45, 2.75) is 0 Å². The summed E-state index contributed by atoms with van der Waals surface area (Å²) >= 11 is 5.89. The Labute approximate surface area is 122 Å². The minimum atomic E-state index is -1.26. The van der Waals surface area contributed by atoms with Crippen LogP contribution in [0.15, 0.2) is 27.3 Å². The van der Waals surface area contributed by atoms with E-state index >= 15 is 0 Å². The SMILES string of the molecule is O=C(O)c1nc(-c2ccc(F)c(F)c2Br)ncc1Br. The van der Waals surface area contributed by atoms with Crippen molar-refractivity contribution in [3.63, 3.8) is 0 Å². The fourth-order valence-corrected chi connectivity index (χ4v) is 2.20. The van der Waals surface area contributed by atoms with E-state index in [2.05, 4.69) is 41.8 Å². The van der Waals surface area contributed by atoms with Gasteiger partial charge < -0.3 is 5.11 Å². The van der Waals surface area contributed by atoms with Crippen molar-refractivity contribution in [1.29, 1.82) is 0 Å². The highest BCUT2D eigenvalue weighted by molar-refractivity contribution is 9.10. The van der Waals surface area contributed by atoms with Crippen molar-refractivity contribution >= 4 is 37.8 Å². The number of hydrogen-bond donors (Lipinski definition) is 1. The largest absolute Gasteiger partial charge is 0.476 e. The maximum absolute atomic E-state index is 13.4. The lowest BCUT2D eigenvalue weighted by atomic mass is 10.2. The number of halogens is 4. The van der Waals surface area contributed by atoms with Gasteiger partial charge in [-0.1, -0.05) is 0 Å². The number of aromatic carboxylic acids is 1. The van der Waals surface area contributed by atoms with Gasteiger partial charge in [0, 0.05) is 11.8 Å². The van der Waals surface area contributed by atoms with Crippen LogP contribution in [0.1, 0.15) is 10.5 Å². The van der Waals surface area contributed by atoms with Gasteiger partial charge >= 0.3 is 5.97 Å². The summed E-state index contributed by atoms with van der Waals surface area (Å²) in [5.41, 5.74) is -0.101. The Bertz CT molecular complexity index is 680. The van der Waals surface area contributed by atoms with Gasteiger partial charge in [-0.25, -0.2) is 23.5 Å². The van der Waals surface area contributed by atoms with Crippen LogP contribution in [0.4, 0.5) is 8.78 Å². The third kappa shape index (κ3) is 2.64. The highest BCUT2D eigenvalue weighted by Gasteiger charge is 2.17. The summed E-state index contributed by atoms with van der Waals surface area (Å²) in [6.45, 7) is 0. The molecule has 1 aromatic carbocycles. The van der Waals surface area contributed by atoms with Gasteiger partial charge in [0.15, 0.2) is 23.2 Å². The van der Waals surface area contributed by atoms with Gasteiger partial charge in [0.05, 0.1) is 8.95 Å². The van der Waals surface area contributed by atoms with Crippen LogP contribution in [0.3, 0.4) is 0 Å². The first kappa shape index (κ1) is 14.0. The van der Waals surface area contributed by atoms with E-state index in [1.54, 1.807) is 0 Å². The van der Waals surface area contributed by atoms with E-state index in [1.165, 1.54) is 12.3 Å². The van der Waals surface area contributed by atoms with Crippen LogP contribution >= 0.6 is 31.9 Å². The summed E-state index contributed by atoms with van der Waals surface area (Å²) in [6.07, 6.45) is 1.24. The Kier molecular flexibility index (Phi) is 3.91. The molecule has 4 nitrogen and oxygen atoms in total. The third-order valence-corrected chi connectivity index (χ3v) is 3.58. The van der Waals surface area contributed by atoms with Crippen LogP contribution in [0, 0.1) is 11.6 Å². The first-order chi connectivity index (χ1) is 8.91. The Balaban J connectivity index is 2.63. The van der Waals surface area contributed by atoms with Crippen LogP contribution in [0.25, 0.3) is 11.4 Å². The highest BCUT2D eigenvalue weighted by Crippen LogP contribution is 2.30. The standard InChI is InChI=1S/C11H4Br2F2N2O2/c12-5-3-16-10(17-9(5)11(18)19)4-1-2-6(14)8(15)7(4)13/h1-3H,(H,18,19). The van der Waals surface area contributed by atoms with Crippen LogP contribution in [0.5, 0.6) is 0 Å². The zero-order valence-electron chi connectivity index (χ0n) is 8.99. The van der Waals surface area contributed by atoms with Crippen molar-refractivity contribution in [2.24, 2.45) is 0 Å². The summed E-state index contributed by atoms with van der Waals surface area (Å²) in [4.78, 5) is 18.6. The number of nitrogens with zero attached hydrogens (tertiary/aromatic N) is 2. The number of hydrogen-bond acceptors (Lipinski definition) is 3. The van der Waals surface area contributed by atoms with Crippen LogP contribution in [-0.2, 0) is 0 Å². The molecule has 0 atom stereocenters. The van der Waals surface area contributed by atoms with E-state index in [4.69, 9.17) is 5.11 Å². The predicted molar refractivity (Wildman–Crippen MR) is 69.7 cm³/mol. The lowest BCUT2D eigenvalue weighted by Gasteiger charge is -2.06. The lowest BCUT2D eigenvalue weighted by Crippen LogP contribution is -2.04. The monoisotopic (exact) mass is 392 g/mol. The molecule has 0 aliphatic heterocycles. The van der Waals surface area contributed by atoms with Gasteiger partial charge in [-0.05, 0) is 44.0 Å². The summed E-state index contributed by atoms with van der Waals surface area (Å²) in [7, 11) is 0. The molecule has 0 radical (unpaired) electrons. The summed E-state index contributed by atoms with van der Waals surface area (Å²) in [5, 5.41) is 8.94. The first-order valence-corrected chi connectivity index (χ1v) is 6.40. The summed E-state index contributed by atoms with van der Waals surface area (Å²) in [6, 6.07) is 2.18. The second-order valence-corrected chi connectivity index (χ2v) is 5.07. The maximum Gasteiger partial charge on any atom is 0.355 e. The third-order valence-electron chi connectivity index (χ3n) is 2.22. The highest BCUT2D eigenvalue weighted by atomic mass is 79.9. The van der Waals surface area contributed by atoms with E-state index < -0.39 is 17.6 Å². The fraction of sp³-hybridized carbons (Fsp3) is 0. The molecule has 2 aromatic rings. The number of carbonyl (C=O) groups is 1. The molecule has 0 amide bonds. The number of carboxylic acid groups (broad SMARTS) is 1. The molecule has 19 heavy (non-hydrogen) atoms. The molecule has 0 bridgehead atoms. The van der Waals surface area contributed by atoms with Gasteiger partial charge in [0.25, 0.3) is 0 Å². The molecule has 0 aliphatic rings. The van der Waals surface area contributed by atoms with E-state index in [0.29, 0.717) is 0 Å². The molecule has 0 unspecified atom stereocenters. The molecule has 0 spiro atoms. The molecule has 0 saturated carbocycles. The molecule has 98 valence electrons. The number of rotatable bonds is 2.